The number of carbonyl (C=O) groups excluding carboxylic acids is 1. The lowest BCUT2D eigenvalue weighted by Gasteiger charge is -2.16. The van der Waals surface area contributed by atoms with E-state index >= 15 is 0 Å². The zero-order valence-corrected chi connectivity index (χ0v) is 11.8. The van der Waals surface area contributed by atoms with E-state index in [4.69, 9.17) is 4.74 Å². The Bertz CT molecular complexity index is 496. The Morgan fingerprint density at radius 2 is 1.89 bits per heavy atom. The fourth-order valence-corrected chi connectivity index (χ4v) is 1.47. The van der Waals surface area contributed by atoms with Crippen LogP contribution in [0.1, 0.15) is 39.2 Å². The van der Waals surface area contributed by atoms with E-state index in [1.165, 1.54) is 0 Å². The van der Waals surface area contributed by atoms with Gasteiger partial charge in [0.1, 0.15) is 5.60 Å². The molecule has 19 heavy (non-hydrogen) atoms. The molecule has 0 N–H and O–H groups in total. The molecule has 0 aliphatic heterocycles. The van der Waals surface area contributed by atoms with Gasteiger partial charge in [-0.25, -0.2) is 4.79 Å². The highest BCUT2D eigenvalue weighted by Crippen LogP contribution is 2.16. The molecule has 0 bridgehead atoms. The summed E-state index contributed by atoms with van der Waals surface area (Å²) in [6.45, 7) is 9.49. The minimum absolute atomic E-state index is 0.474. The summed E-state index contributed by atoms with van der Waals surface area (Å²) in [5.74, 6) is 4.84. The fourth-order valence-electron chi connectivity index (χ4n) is 1.47. The van der Waals surface area contributed by atoms with Gasteiger partial charge >= 0.3 is 5.97 Å². The predicted octanol–water partition coefficient (Wildman–Crippen LogP) is 3.83. The molecule has 2 heteroatoms. The highest BCUT2D eigenvalue weighted by molar-refractivity contribution is 5.88. The third kappa shape index (κ3) is 6.47. The summed E-state index contributed by atoms with van der Waals surface area (Å²) >= 11 is 0. The molecule has 0 saturated carbocycles. The molecule has 0 radical (unpaired) electrons. The molecular weight excluding hydrogens is 236 g/mol. The minimum atomic E-state index is -0.487. The Morgan fingerprint density at radius 1 is 1.26 bits per heavy atom. The lowest BCUT2D eigenvalue weighted by atomic mass is 10.0. The molecule has 0 amide bonds. The van der Waals surface area contributed by atoms with Crippen LogP contribution in [0, 0.1) is 11.8 Å². The standard InChI is InChI=1S/C17H20O2/c1-14(15-11-6-5-7-12-15)10-8-9-13-16(18)19-17(2,3)4/h5-7,11-12H,1,8,10H2,2-4H3. The number of esters is 1. The molecule has 0 heterocycles. The van der Waals surface area contributed by atoms with Gasteiger partial charge in [-0.05, 0) is 38.3 Å². The SMILES string of the molecule is C=C(CCC#CC(=O)OC(C)(C)C)c1ccccc1. The quantitative estimate of drug-likeness (QED) is 0.467. The summed E-state index contributed by atoms with van der Waals surface area (Å²) in [7, 11) is 0. The smallest absolute Gasteiger partial charge is 0.384 e. The molecule has 0 saturated heterocycles. The van der Waals surface area contributed by atoms with E-state index < -0.39 is 11.6 Å². The van der Waals surface area contributed by atoms with Crippen LogP contribution in [0.4, 0.5) is 0 Å². The van der Waals surface area contributed by atoms with Gasteiger partial charge in [-0.1, -0.05) is 42.8 Å². The number of rotatable bonds is 3. The first-order chi connectivity index (χ1) is 8.88. The van der Waals surface area contributed by atoms with Crippen LogP contribution in [0.5, 0.6) is 0 Å². The average Bonchev–Trinajstić information content (AvgIpc) is 2.33. The largest absolute Gasteiger partial charge is 0.450 e. The lowest BCUT2D eigenvalue weighted by molar-refractivity contribution is -0.147. The van der Waals surface area contributed by atoms with E-state index in [9.17, 15) is 4.79 Å². The highest BCUT2D eigenvalue weighted by Gasteiger charge is 2.13. The van der Waals surface area contributed by atoms with Crippen LogP contribution in [0.3, 0.4) is 0 Å². The van der Waals surface area contributed by atoms with Crippen molar-refractivity contribution in [3.05, 3.63) is 42.5 Å². The molecule has 1 aromatic rings. The number of allylic oxidation sites excluding steroid dienone is 1. The summed E-state index contributed by atoms with van der Waals surface area (Å²) in [6, 6.07) is 9.96. The van der Waals surface area contributed by atoms with Gasteiger partial charge in [-0.15, -0.1) is 0 Å². The summed E-state index contributed by atoms with van der Waals surface area (Å²) < 4.78 is 5.09. The summed E-state index contributed by atoms with van der Waals surface area (Å²) in [6.07, 6.45) is 1.35. The lowest BCUT2D eigenvalue weighted by Crippen LogP contribution is -2.22. The van der Waals surface area contributed by atoms with Gasteiger partial charge in [0.05, 0.1) is 0 Å². The number of ether oxygens (including phenoxy) is 1. The van der Waals surface area contributed by atoms with Crippen molar-refractivity contribution >= 4 is 11.5 Å². The average molecular weight is 256 g/mol. The summed E-state index contributed by atoms with van der Waals surface area (Å²) in [4.78, 5) is 11.4. The number of benzene rings is 1. The fraction of sp³-hybridized carbons (Fsp3) is 0.353. The van der Waals surface area contributed by atoms with Crippen molar-refractivity contribution in [1.82, 2.24) is 0 Å². The van der Waals surface area contributed by atoms with Crippen LogP contribution in [0.15, 0.2) is 36.9 Å². The van der Waals surface area contributed by atoms with Gasteiger partial charge in [-0.3, -0.25) is 0 Å². The molecule has 0 aromatic heterocycles. The van der Waals surface area contributed by atoms with Crippen LogP contribution in [0.2, 0.25) is 0 Å². The molecule has 0 unspecified atom stereocenters. The van der Waals surface area contributed by atoms with Gasteiger partial charge in [-0.2, -0.15) is 0 Å². The molecule has 0 fully saturated rings. The molecule has 2 nitrogen and oxygen atoms in total. The molecule has 1 rings (SSSR count). The van der Waals surface area contributed by atoms with Crippen LogP contribution < -0.4 is 0 Å². The zero-order chi connectivity index (χ0) is 14.3. The first kappa shape index (κ1) is 15.0. The number of hydrogen-bond donors (Lipinski definition) is 0. The van der Waals surface area contributed by atoms with Crippen molar-refractivity contribution in [2.75, 3.05) is 0 Å². The summed E-state index contributed by atoms with van der Waals surface area (Å²) in [5, 5.41) is 0. The Labute approximate surface area is 115 Å². The molecule has 0 spiro atoms. The first-order valence-corrected chi connectivity index (χ1v) is 6.33. The Kier molecular flexibility index (Phi) is 5.38. The van der Waals surface area contributed by atoms with Gasteiger partial charge in [0.15, 0.2) is 0 Å². The Balaban J connectivity index is 2.39. The van der Waals surface area contributed by atoms with Gasteiger partial charge in [0, 0.05) is 12.3 Å². The molecule has 0 atom stereocenters. The van der Waals surface area contributed by atoms with Crippen molar-refractivity contribution < 1.29 is 9.53 Å². The second-order valence-electron chi connectivity index (χ2n) is 5.27. The Hall–Kier alpha value is -2.01. The summed E-state index contributed by atoms with van der Waals surface area (Å²) in [5.41, 5.74) is 1.65. The first-order valence-electron chi connectivity index (χ1n) is 6.33. The van der Waals surface area contributed by atoms with E-state index in [-0.39, 0.29) is 0 Å². The van der Waals surface area contributed by atoms with Crippen LogP contribution in [0.25, 0.3) is 5.57 Å². The van der Waals surface area contributed by atoms with Gasteiger partial charge in [0.2, 0.25) is 0 Å². The third-order valence-electron chi connectivity index (χ3n) is 2.32. The number of hydrogen-bond acceptors (Lipinski definition) is 2. The van der Waals surface area contributed by atoms with Crippen molar-refractivity contribution in [2.24, 2.45) is 0 Å². The Morgan fingerprint density at radius 3 is 2.47 bits per heavy atom. The molecule has 0 aliphatic rings. The van der Waals surface area contributed by atoms with E-state index in [1.807, 2.05) is 51.1 Å². The van der Waals surface area contributed by atoms with E-state index in [1.54, 1.807) is 0 Å². The van der Waals surface area contributed by atoms with E-state index in [0.717, 1.165) is 17.6 Å². The van der Waals surface area contributed by atoms with Crippen LogP contribution in [-0.4, -0.2) is 11.6 Å². The second-order valence-corrected chi connectivity index (χ2v) is 5.27. The van der Waals surface area contributed by atoms with Crippen molar-refractivity contribution in [3.63, 3.8) is 0 Å². The molecule has 0 aliphatic carbocycles. The normalized spacial score (nSPS) is 10.3. The highest BCUT2D eigenvalue weighted by atomic mass is 16.6. The van der Waals surface area contributed by atoms with Crippen molar-refractivity contribution in [3.8, 4) is 11.8 Å². The zero-order valence-electron chi connectivity index (χ0n) is 11.8. The third-order valence-corrected chi connectivity index (χ3v) is 2.32. The van der Waals surface area contributed by atoms with E-state index in [0.29, 0.717) is 6.42 Å². The van der Waals surface area contributed by atoms with Crippen LogP contribution >= 0.6 is 0 Å². The maximum atomic E-state index is 11.4. The van der Waals surface area contributed by atoms with Gasteiger partial charge < -0.3 is 4.74 Å². The number of carbonyl (C=O) groups is 1. The minimum Gasteiger partial charge on any atom is -0.450 e. The molecular formula is C17H20O2. The van der Waals surface area contributed by atoms with Crippen LogP contribution in [-0.2, 0) is 9.53 Å². The van der Waals surface area contributed by atoms with Gasteiger partial charge in [0.25, 0.3) is 0 Å². The maximum absolute atomic E-state index is 11.4. The molecule has 100 valence electrons. The maximum Gasteiger partial charge on any atom is 0.384 e. The van der Waals surface area contributed by atoms with Crippen molar-refractivity contribution in [1.29, 1.82) is 0 Å². The monoisotopic (exact) mass is 256 g/mol. The van der Waals surface area contributed by atoms with E-state index in [2.05, 4.69) is 18.4 Å². The predicted molar refractivity (Wildman–Crippen MR) is 78.3 cm³/mol. The van der Waals surface area contributed by atoms with Crippen molar-refractivity contribution in [2.45, 2.75) is 39.2 Å². The second kappa shape index (κ2) is 6.80. The topological polar surface area (TPSA) is 26.3 Å². The molecule has 1 aromatic carbocycles.